The molecule has 32 heavy (non-hydrogen) atoms. The Morgan fingerprint density at radius 2 is 1.84 bits per heavy atom. The Hall–Kier alpha value is -3.05. The molecule has 0 aromatic carbocycles. The van der Waals surface area contributed by atoms with E-state index in [0.717, 1.165) is 23.6 Å². The normalized spacial score (nSPS) is 18.6. The number of fused-ring (bicyclic) bond motifs is 1. The summed E-state index contributed by atoms with van der Waals surface area (Å²) in [5.74, 6) is 0.514. The highest BCUT2D eigenvalue weighted by Gasteiger charge is 2.48. The number of alkyl halides is 5. The molecule has 2 aliphatic heterocycles. The van der Waals surface area contributed by atoms with Crippen LogP contribution in [0.15, 0.2) is 30.7 Å². The summed E-state index contributed by atoms with van der Waals surface area (Å²) in [5, 5.41) is 3.94. The largest absolute Gasteiger partial charge is 0.419 e. The molecule has 170 valence electrons. The Morgan fingerprint density at radius 1 is 1.06 bits per heavy atom. The van der Waals surface area contributed by atoms with Crippen LogP contribution in [0.25, 0.3) is 11.2 Å². The summed E-state index contributed by atoms with van der Waals surface area (Å²) in [6.07, 6.45) is -0.928. The van der Waals surface area contributed by atoms with Crippen molar-refractivity contribution in [3.05, 3.63) is 36.3 Å². The monoisotopic (exact) mass is 453 g/mol. The SMILES string of the molecule is FC(F)Cn1ncc2ncc(N3CCCC4(C3)CN(c3ncccc3C(F)(F)F)C4)nc21. The van der Waals surface area contributed by atoms with Crippen LogP contribution in [0, 0.1) is 5.41 Å². The van der Waals surface area contributed by atoms with E-state index in [0.29, 0.717) is 43.2 Å². The quantitative estimate of drug-likeness (QED) is 0.563. The Bertz CT molecular complexity index is 1120. The Balaban J connectivity index is 1.34. The minimum Gasteiger partial charge on any atom is -0.355 e. The van der Waals surface area contributed by atoms with E-state index in [1.807, 2.05) is 4.90 Å². The first-order chi connectivity index (χ1) is 15.2. The van der Waals surface area contributed by atoms with Crippen molar-refractivity contribution >= 4 is 22.8 Å². The van der Waals surface area contributed by atoms with Crippen molar-refractivity contribution in [1.29, 1.82) is 0 Å². The van der Waals surface area contributed by atoms with E-state index in [-0.39, 0.29) is 11.2 Å². The second-order valence-electron chi connectivity index (χ2n) is 8.41. The van der Waals surface area contributed by atoms with E-state index in [9.17, 15) is 22.0 Å². The number of piperidine rings is 1. The van der Waals surface area contributed by atoms with Crippen LogP contribution in [-0.2, 0) is 12.7 Å². The third kappa shape index (κ3) is 3.71. The Kier molecular flexibility index (Phi) is 4.90. The minimum atomic E-state index is -4.46. The molecule has 0 bridgehead atoms. The fourth-order valence-electron chi connectivity index (χ4n) is 4.70. The van der Waals surface area contributed by atoms with E-state index in [1.54, 1.807) is 11.1 Å². The van der Waals surface area contributed by atoms with Crippen LogP contribution in [0.3, 0.4) is 0 Å². The highest BCUT2D eigenvalue weighted by atomic mass is 19.4. The molecule has 0 N–H and O–H groups in total. The van der Waals surface area contributed by atoms with Crippen LogP contribution in [0.1, 0.15) is 18.4 Å². The molecule has 1 spiro atoms. The van der Waals surface area contributed by atoms with E-state index in [2.05, 4.69) is 20.1 Å². The number of rotatable bonds is 4. The molecule has 12 heteroatoms. The van der Waals surface area contributed by atoms with Crippen LogP contribution in [0.2, 0.25) is 0 Å². The molecule has 0 radical (unpaired) electrons. The average molecular weight is 453 g/mol. The lowest BCUT2D eigenvalue weighted by molar-refractivity contribution is -0.137. The van der Waals surface area contributed by atoms with Crippen molar-refractivity contribution in [1.82, 2.24) is 24.7 Å². The molecular formula is C20H20F5N7. The third-order valence-electron chi connectivity index (χ3n) is 6.07. The minimum absolute atomic E-state index is 0.0418. The van der Waals surface area contributed by atoms with Gasteiger partial charge in [0.25, 0.3) is 6.43 Å². The van der Waals surface area contributed by atoms with Gasteiger partial charge in [0.1, 0.15) is 23.7 Å². The number of anilines is 2. The summed E-state index contributed by atoms with van der Waals surface area (Å²) >= 11 is 0. The maximum atomic E-state index is 13.4. The van der Waals surface area contributed by atoms with Gasteiger partial charge >= 0.3 is 6.18 Å². The summed E-state index contributed by atoms with van der Waals surface area (Å²) in [6, 6.07) is 2.34. The first kappa shape index (κ1) is 20.8. The zero-order valence-electron chi connectivity index (χ0n) is 16.9. The molecule has 0 atom stereocenters. The van der Waals surface area contributed by atoms with E-state index < -0.39 is 24.7 Å². The van der Waals surface area contributed by atoms with E-state index in [1.165, 1.54) is 18.5 Å². The summed E-state index contributed by atoms with van der Waals surface area (Å²) in [4.78, 5) is 16.5. The zero-order chi connectivity index (χ0) is 22.5. The van der Waals surface area contributed by atoms with E-state index >= 15 is 0 Å². The summed E-state index contributed by atoms with van der Waals surface area (Å²) in [5.41, 5.74) is -0.184. The molecule has 0 aliphatic carbocycles. The van der Waals surface area contributed by atoms with Crippen molar-refractivity contribution < 1.29 is 22.0 Å². The van der Waals surface area contributed by atoms with Crippen LogP contribution in [0.5, 0.6) is 0 Å². The predicted octanol–water partition coefficient (Wildman–Crippen LogP) is 3.61. The van der Waals surface area contributed by atoms with E-state index in [4.69, 9.17) is 0 Å². The van der Waals surface area contributed by atoms with Gasteiger partial charge in [-0.1, -0.05) is 0 Å². The third-order valence-corrected chi connectivity index (χ3v) is 6.07. The molecule has 3 aromatic heterocycles. The van der Waals surface area contributed by atoms with Gasteiger partial charge in [0.2, 0.25) is 0 Å². The number of hydrogen-bond donors (Lipinski definition) is 0. The van der Waals surface area contributed by atoms with Gasteiger partial charge in [-0.05, 0) is 25.0 Å². The van der Waals surface area contributed by atoms with Gasteiger partial charge in [0.15, 0.2) is 5.65 Å². The van der Waals surface area contributed by atoms with Gasteiger partial charge in [0, 0.05) is 37.8 Å². The lowest BCUT2D eigenvalue weighted by Crippen LogP contribution is -2.63. The van der Waals surface area contributed by atoms with Crippen LogP contribution >= 0.6 is 0 Å². The maximum Gasteiger partial charge on any atom is 0.419 e. The molecule has 5 heterocycles. The van der Waals surface area contributed by atoms with Gasteiger partial charge < -0.3 is 9.80 Å². The smallest absolute Gasteiger partial charge is 0.355 e. The zero-order valence-corrected chi connectivity index (χ0v) is 16.9. The molecule has 0 saturated carbocycles. The van der Waals surface area contributed by atoms with Crippen molar-refractivity contribution in [2.24, 2.45) is 5.41 Å². The Morgan fingerprint density at radius 3 is 2.59 bits per heavy atom. The summed E-state index contributed by atoms with van der Waals surface area (Å²) in [6.45, 7) is 1.67. The van der Waals surface area contributed by atoms with Gasteiger partial charge in [0.05, 0.1) is 18.0 Å². The molecule has 2 fully saturated rings. The number of pyridine rings is 1. The van der Waals surface area contributed by atoms with Crippen molar-refractivity contribution in [3.63, 3.8) is 0 Å². The number of halogens is 5. The summed E-state index contributed by atoms with van der Waals surface area (Å²) in [7, 11) is 0. The van der Waals surface area contributed by atoms with Crippen LogP contribution in [-0.4, -0.2) is 57.3 Å². The molecule has 2 aliphatic rings. The lowest BCUT2D eigenvalue weighted by atomic mass is 9.73. The average Bonchev–Trinajstić information content (AvgIpc) is 3.13. The highest BCUT2D eigenvalue weighted by molar-refractivity contribution is 5.71. The molecule has 0 unspecified atom stereocenters. The molecule has 5 rings (SSSR count). The van der Waals surface area contributed by atoms with Crippen molar-refractivity contribution in [2.75, 3.05) is 36.0 Å². The maximum absolute atomic E-state index is 13.4. The number of nitrogens with zero attached hydrogens (tertiary/aromatic N) is 7. The molecule has 0 amide bonds. The first-order valence-electron chi connectivity index (χ1n) is 10.2. The van der Waals surface area contributed by atoms with Gasteiger partial charge in [-0.25, -0.2) is 28.4 Å². The van der Waals surface area contributed by atoms with Crippen LogP contribution in [0.4, 0.5) is 33.6 Å². The molecule has 7 nitrogen and oxygen atoms in total. The number of hydrogen-bond acceptors (Lipinski definition) is 6. The highest BCUT2D eigenvalue weighted by Crippen LogP contribution is 2.44. The van der Waals surface area contributed by atoms with Crippen molar-refractivity contribution in [2.45, 2.75) is 32.0 Å². The second-order valence-corrected chi connectivity index (χ2v) is 8.41. The van der Waals surface area contributed by atoms with Gasteiger partial charge in [-0.15, -0.1) is 0 Å². The summed E-state index contributed by atoms with van der Waals surface area (Å²) < 4.78 is 66.8. The predicted molar refractivity (Wildman–Crippen MR) is 107 cm³/mol. The lowest BCUT2D eigenvalue weighted by Gasteiger charge is -2.55. The van der Waals surface area contributed by atoms with Gasteiger partial charge in [-0.2, -0.15) is 18.3 Å². The second kappa shape index (κ2) is 7.52. The number of aromatic nitrogens is 5. The van der Waals surface area contributed by atoms with Crippen molar-refractivity contribution in [3.8, 4) is 0 Å². The Labute approximate surface area is 179 Å². The molecular weight excluding hydrogens is 433 g/mol. The fourth-order valence-corrected chi connectivity index (χ4v) is 4.70. The first-order valence-corrected chi connectivity index (χ1v) is 10.2. The fraction of sp³-hybridized carbons (Fsp3) is 0.500. The molecule has 3 aromatic rings. The molecule has 2 saturated heterocycles. The van der Waals surface area contributed by atoms with Crippen LogP contribution < -0.4 is 9.80 Å². The standard InChI is InChI=1S/C20H20F5N7/c21-15(22)9-32-18-14(7-28-32)27-8-16(29-18)30-6-2-4-19(10-30)11-31(12-19)17-13(20(23,24)25)3-1-5-26-17/h1,3,5,7-8,15H,2,4,6,9-12H2. The van der Waals surface area contributed by atoms with Gasteiger partial charge in [-0.3, -0.25) is 0 Å². The topological polar surface area (TPSA) is 63.0 Å².